The molecule has 4 heteroatoms. The van der Waals surface area contributed by atoms with Gasteiger partial charge in [-0.25, -0.2) is 0 Å². The quantitative estimate of drug-likeness (QED) is 0.628. The van der Waals surface area contributed by atoms with Crippen molar-refractivity contribution in [1.29, 1.82) is 0 Å². The van der Waals surface area contributed by atoms with Gasteiger partial charge in [-0.2, -0.15) is 0 Å². The summed E-state index contributed by atoms with van der Waals surface area (Å²) in [5.41, 5.74) is 3.38. The van der Waals surface area contributed by atoms with Gasteiger partial charge in [0.2, 0.25) is 0 Å². The van der Waals surface area contributed by atoms with Gasteiger partial charge in [-0.3, -0.25) is 4.79 Å². The van der Waals surface area contributed by atoms with E-state index in [0.29, 0.717) is 11.3 Å². The van der Waals surface area contributed by atoms with Gasteiger partial charge in [-0.15, -0.1) is 0 Å². The summed E-state index contributed by atoms with van der Waals surface area (Å²) < 4.78 is 16.8. The van der Waals surface area contributed by atoms with Crippen LogP contribution in [0.2, 0.25) is 0 Å². The molecule has 0 atom stereocenters. The van der Waals surface area contributed by atoms with Gasteiger partial charge in [0.15, 0.2) is 12.6 Å². The lowest BCUT2D eigenvalue weighted by atomic mass is 9.87. The van der Waals surface area contributed by atoms with Crippen LogP contribution in [0.15, 0.2) is 0 Å². The van der Waals surface area contributed by atoms with Gasteiger partial charge in [0.25, 0.3) is 0 Å². The first-order valence-electron chi connectivity index (χ1n) is 7.26. The molecule has 0 amide bonds. The molecule has 1 aromatic rings. The number of benzene rings is 1. The molecule has 0 aromatic heterocycles. The van der Waals surface area contributed by atoms with Crippen molar-refractivity contribution < 1.29 is 19.0 Å². The van der Waals surface area contributed by atoms with Crippen molar-refractivity contribution in [2.24, 2.45) is 0 Å². The van der Waals surface area contributed by atoms with Crippen LogP contribution in [0.3, 0.4) is 0 Å². The maximum absolute atomic E-state index is 12.1. The van der Waals surface area contributed by atoms with E-state index in [9.17, 15) is 4.79 Å². The molecular weight excluding hydrogens is 268 g/mol. The van der Waals surface area contributed by atoms with Crippen LogP contribution in [-0.4, -0.2) is 25.3 Å². The number of ketones is 1. The minimum atomic E-state index is -0.201. The Kier molecular flexibility index (Phi) is 4.28. The molecule has 2 rings (SSSR count). The van der Waals surface area contributed by atoms with Gasteiger partial charge in [0.05, 0.1) is 5.56 Å². The normalized spacial score (nSPS) is 16.1. The maximum Gasteiger partial charge on any atom is 0.188 e. The summed E-state index contributed by atoms with van der Waals surface area (Å²) in [5.74, 6) is 1.46. The lowest BCUT2D eigenvalue weighted by Crippen LogP contribution is -2.33. The number of Topliss-reactive ketones (excluding diaryl/α,β-unsaturated/α-hetero) is 1. The van der Waals surface area contributed by atoms with Gasteiger partial charge in [0.1, 0.15) is 17.1 Å². The molecule has 0 N–H and O–H groups in total. The highest BCUT2D eigenvalue weighted by Crippen LogP contribution is 2.44. The van der Waals surface area contributed by atoms with Gasteiger partial charge < -0.3 is 14.2 Å². The van der Waals surface area contributed by atoms with Crippen molar-refractivity contribution in [3.05, 3.63) is 22.3 Å². The molecule has 0 unspecified atom stereocenters. The van der Waals surface area contributed by atoms with Crippen molar-refractivity contribution in [3.63, 3.8) is 0 Å². The highest BCUT2D eigenvalue weighted by atomic mass is 16.7. The Morgan fingerprint density at radius 2 is 1.95 bits per heavy atom. The average Bonchev–Trinajstić information content (AvgIpc) is 2.39. The predicted molar refractivity (Wildman–Crippen MR) is 81.5 cm³/mol. The molecule has 116 valence electrons. The molecular formula is C17H24O4. The Balaban J connectivity index is 2.64. The average molecular weight is 292 g/mol. The SMILES string of the molecule is COCOc1c(C)c2c(c(C)c1C(C)=O)OC(C)(C)CC2. The zero-order valence-corrected chi connectivity index (χ0v) is 13.8. The molecule has 1 aromatic carbocycles. The fourth-order valence-corrected chi connectivity index (χ4v) is 2.92. The van der Waals surface area contributed by atoms with Gasteiger partial charge in [0, 0.05) is 18.2 Å². The van der Waals surface area contributed by atoms with E-state index in [0.717, 1.165) is 35.3 Å². The number of fused-ring (bicyclic) bond motifs is 1. The molecule has 0 saturated heterocycles. The monoisotopic (exact) mass is 292 g/mol. The number of carbonyl (C=O) groups excluding carboxylic acids is 1. The first-order chi connectivity index (χ1) is 9.78. The summed E-state index contributed by atoms with van der Waals surface area (Å²) in [6.07, 6.45) is 1.87. The lowest BCUT2D eigenvalue weighted by Gasteiger charge is -2.35. The Bertz CT molecular complexity index is 573. The molecule has 0 fully saturated rings. The van der Waals surface area contributed by atoms with Crippen molar-refractivity contribution in [2.45, 2.75) is 53.1 Å². The lowest BCUT2D eigenvalue weighted by molar-refractivity contribution is 0.0486. The smallest absolute Gasteiger partial charge is 0.188 e. The molecule has 0 spiro atoms. The summed E-state index contributed by atoms with van der Waals surface area (Å²) in [6.45, 7) is 9.75. The fraction of sp³-hybridized carbons (Fsp3) is 0.588. The molecule has 4 nitrogen and oxygen atoms in total. The van der Waals surface area contributed by atoms with Crippen LogP contribution in [0.1, 0.15) is 54.2 Å². The largest absolute Gasteiger partial charge is 0.487 e. The zero-order chi connectivity index (χ0) is 15.8. The third-order valence-electron chi connectivity index (χ3n) is 4.04. The van der Waals surface area contributed by atoms with E-state index in [1.807, 2.05) is 13.8 Å². The molecule has 1 aliphatic heterocycles. The van der Waals surface area contributed by atoms with E-state index in [1.54, 1.807) is 14.0 Å². The Labute approximate surface area is 126 Å². The van der Waals surface area contributed by atoms with E-state index in [2.05, 4.69) is 13.8 Å². The van der Waals surface area contributed by atoms with Gasteiger partial charge >= 0.3 is 0 Å². The Morgan fingerprint density at radius 3 is 2.52 bits per heavy atom. The van der Waals surface area contributed by atoms with Gasteiger partial charge in [-0.05, 0) is 53.0 Å². The molecule has 21 heavy (non-hydrogen) atoms. The molecule has 0 saturated carbocycles. The van der Waals surface area contributed by atoms with Crippen LogP contribution in [-0.2, 0) is 11.2 Å². The van der Waals surface area contributed by atoms with Crippen LogP contribution < -0.4 is 9.47 Å². The molecule has 0 bridgehead atoms. The summed E-state index contributed by atoms with van der Waals surface area (Å²) in [7, 11) is 1.57. The van der Waals surface area contributed by atoms with Crippen LogP contribution in [0.4, 0.5) is 0 Å². The van der Waals surface area contributed by atoms with Crippen LogP contribution in [0.5, 0.6) is 11.5 Å². The van der Waals surface area contributed by atoms with Crippen molar-refractivity contribution in [3.8, 4) is 11.5 Å². The molecule has 0 radical (unpaired) electrons. The second-order valence-corrected chi connectivity index (χ2v) is 6.23. The number of hydrogen-bond acceptors (Lipinski definition) is 4. The third kappa shape index (κ3) is 2.91. The minimum Gasteiger partial charge on any atom is -0.487 e. The van der Waals surface area contributed by atoms with Crippen molar-refractivity contribution in [2.75, 3.05) is 13.9 Å². The van der Waals surface area contributed by atoms with E-state index in [-0.39, 0.29) is 18.2 Å². The van der Waals surface area contributed by atoms with Crippen molar-refractivity contribution in [1.82, 2.24) is 0 Å². The van der Waals surface area contributed by atoms with E-state index < -0.39 is 0 Å². The second kappa shape index (κ2) is 5.68. The summed E-state index contributed by atoms with van der Waals surface area (Å²) in [6, 6.07) is 0. The van der Waals surface area contributed by atoms with E-state index in [4.69, 9.17) is 14.2 Å². The summed E-state index contributed by atoms with van der Waals surface area (Å²) in [4.78, 5) is 12.1. The Morgan fingerprint density at radius 1 is 1.29 bits per heavy atom. The third-order valence-corrected chi connectivity index (χ3v) is 4.04. The van der Waals surface area contributed by atoms with Crippen LogP contribution >= 0.6 is 0 Å². The standard InChI is InChI=1S/C17H24O4/c1-10-13-7-8-17(4,5)21-15(13)11(2)14(12(3)18)16(10)20-9-19-6/h7-9H2,1-6H3. The summed E-state index contributed by atoms with van der Waals surface area (Å²) in [5, 5.41) is 0. The maximum atomic E-state index is 12.1. The highest BCUT2D eigenvalue weighted by molar-refractivity contribution is 6.00. The first kappa shape index (κ1) is 15.8. The number of ether oxygens (including phenoxy) is 3. The van der Waals surface area contributed by atoms with Gasteiger partial charge in [-0.1, -0.05) is 0 Å². The van der Waals surface area contributed by atoms with Crippen LogP contribution in [0, 0.1) is 13.8 Å². The first-order valence-corrected chi connectivity index (χ1v) is 7.26. The second-order valence-electron chi connectivity index (χ2n) is 6.23. The fourth-order valence-electron chi connectivity index (χ4n) is 2.92. The van der Waals surface area contributed by atoms with E-state index in [1.165, 1.54) is 0 Å². The minimum absolute atomic E-state index is 0.0171. The number of rotatable bonds is 4. The predicted octanol–water partition coefficient (Wildman–Crippen LogP) is 3.59. The van der Waals surface area contributed by atoms with Crippen molar-refractivity contribution >= 4 is 5.78 Å². The Hall–Kier alpha value is -1.55. The molecule has 1 aliphatic rings. The van der Waals surface area contributed by atoms with E-state index >= 15 is 0 Å². The molecule has 1 heterocycles. The zero-order valence-electron chi connectivity index (χ0n) is 13.8. The number of hydrogen-bond donors (Lipinski definition) is 0. The summed E-state index contributed by atoms with van der Waals surface area (Å²) >= 11 is 0. The number of carbonyl (C=O) groups is 1. The van der Waals surface area contributed by atoms with Crippen LogP contribution in [0.25, 0.3) is 0 Å². The topological polar surface area (TPSA) is 44.8 Å². The molecule has 0 aliphatic carbocycles. The number of methoxy groups -OCH3 is 1. The highest BCUT2D eigenvalue weighted by Gasteiger charge is 2.32.